The fourth-order valence-electron chi connectivity index (χ4n) is 3.10. The molecule has 0 radical (unpaired) electrons. The fraction of sp³-hybridized carbons (Fsp3) is 0.333. The number of amides is 2. The number of nitrogens with zero attached hydrogens (tertiary/aromatic N) is 3. The van der Waals surface area contributed by atoms with Gasteiger partial charge in [0.05, 0.1) is 6.04 Å². The topological polar surface area (TPSA) is 45.6 Å². The van der Waals surface area contributed by atoms with E-state index in [1.165, 1.54) is 0 Å². The van der Waals surface area contributed by atoms with E-state index in [0.29, 0.717) is 25.3 Å². The molecule has 5 nitrogen and oxygen atoms in total. The lowest BCUT2D eigenvalue weighted by Crippen LogP contribution is -2.52. The zero-order valence-corrected chi connectivity index (χ0v) is 13.5. The lowest BCUT2D eigenvalue weighted by atomic mass is 10.0. The van der Waals surface area contributed by atoms with Crippen molar-refractivity contribution in [3.05, 3.63) is 59.9 Å². The zero-order chi connectivity index (χ0) is 16.4. The van der Waals surface area contributed by atoms with Crippen LogP contribution in [-0.4, -0.2) is 45.8 Å². The van der Waals surface area contributed by atoms with Gasteiger partial charge < -0.3 is 14.4 Å². The molecule has 23 heavy (non-hydrogen) atoms. The monoisotopic (exact) mass is 311 g/mol. The third-order valence-corrected chi connectivity index (χ3v) is 4.43. The van der Waals surface area contributed by atoms with Crippen LogP contribution in [0.25, 0.3) is 0 Å². The van der Waals surface area contributed by atoms with Gasteiger partial charge in [0, 0.05) is 39.8 Å². The van der Waals surface area contributed by atoms with Gasteiger partial charge in [-0.15, -0.1) is 0 Å². The molecule has 1 unspecified atom stereocenters. The summed E-state index contributed by atoms with van der Waals surface area (Å²) in [5.74, 6) is 0.0615. The van der Waals surface area contributed by atoms with E-state index in [9.17, 15) is 9.59 Å². The van der Waals surface area contributed by atoms with E-state index in [0.717, 1.165) is 5.56 Å². The Balaban J connectivity index is 1.92. The van der Waals surface area contributed by atoms with E-state index in [2.05, 4.69) is 0 Å². The standard InChI is InChI=1S/C18H21N3O2/c1-14(22)20-11-12-21(18(23)16-9-6-10-19(16)2)17(13-20)15-7-4-3-5-8-15/h3-10,17H,11-13H2,1-2H3. The first-order valence-electron chi connectivity index (χ1n) is 7.80. The molecular formula is C18H21N3O2. The Labute approximate surface area is 136 Å². The van der Waals surface area contributed by atoms with Crippen LogP contribution < -0.4 is 0 Å². The molecule has 2 heterocycles. The highest BCUT2D eigenvalue weighted by molar-refractivity contribution is 5.93. The third kappa shape index (κ3) is 2.99. The zero-order valence-electron chi connectivity index (χ0n) is 13.5. The number of carbonyl (C=O) groups is 2. The van der Waals surface area contributed by atoms with Crippen molar-refractivity contribution in [2.75, 3.05) is 19.6 Å². The Kier molecular flexibility index (Phi) is 4.19. The maximum atomic E-state index is 12.9. The van der Waals surface area contributed by atoms with Crippen molar-refractivity contribution >= 4 is 11.8 Å². The van der Waals surface area contributed by atoms with Crippen molar-refractivity contribution < 1.29 is 9.59 Å². The van der Waals surface area contributed by atoms with E-state index >= 15 is 0 Å². The normalized spacial score (nSPS) is 18.1. The molecule has 0 spiro atoms. The van der Waals surface area contributed by atoms with Gasteiger partial charge in [-0.25, -0.2) is 0 Å². The van der Waals surface area contributed by atoms with Gasteiger partial charge >= 0.3 is 0 Å². The number of hydrogen-bond donors (Lipinski definition) is 0. The predicted octanol–water partition coefficient (Wildman–Crippen LogP) is 2.07. The molecule has 120 valence electrons. The van der Waals surface area contributed by atoms with Gasteiger partial charge in [-0.1, -0.05) is 30.3 Å². The summed E-state index contributed by atoms with van der Waals surface area (Å²) in [6.07, 6.45) is 1.87. The summed E-state index contributed by atoms with van der Waals surface area (Å²) in [7, 11) is 1.87. The van der Waals surface area contributed by atoms with Gasteiger partial charge in [-0.3, -0.25) is 9.59 Å². The van der Waals surface area contributed by atoms with Crippen LogP contribution in [0, 0.1) is 0 Å². The summed E-state index contributed by atoms with van der Waals surface area (Å²) in [4.78, 5) is 28.4. The van der Waals surface area contributed by atoms with Crippen LogP contribution in [0.3, 0.4) is 0 Å². The Morgan fingerprint density at radius 3 is 2.39 bits per heavy atom. The summed E-state index contributed by atoms with van der Waals surface area (Å²) in [5, 5.41) is 0. The number of carbonyl (C=O) groups excluding carboxylic acids is 2. The van der Waals surface area contributed by atoms with Gasteiger partial charge in [0.15, 0.2) is 0 Å². The van der Waals surface area contributed by atoms with E-state index in [4.69, 9.17) is 0 Å². The number of aromatic nitrogens is 1. The van der Waals surface area contributed by atoms with Crippen LogP contribution in [0.1, 0.15) is 29.0 Å². The molecule has 1 saturated heterocycles. The maximum absolute atomic E-state index is 12.9. The van der Waals surface area contributed by atoms with Gasteiger partial charge in [0.2, 0.25) is 5.91 Å². The largest absolute Gasteiger partial charge is 0.347 e. The van der Waals surface area contributed by atoms with Crippen molar-refractivity contribution in [3.63, 3.8) is 0 Å². The molecule has 1 aromatic carbocycles. The number of piperazine rings is 1. The summed E-state index contributed by atoms with van der Waals surface area (Å²) in [6.45, 7) is 3.24. The van der Waals surface area contributed by atoms with Crippen molar-refractivity contribution in [1.29, 1.82) is 0 Å². The summed E-state index contributed by atoms with van der Waals surface area (Å²) < 4.78 is 1.84. The number of aryl methyl sites for hydroxylation is 1. The van der Waals surface area contributed by atoms with Crippen molar-refractivity contribution in [2.45, 2.75) is 13.0 Å². The molecule has 2 aromatic rings. The molecule has 1 atom stereocenters. The SMILES string of the molecule is CC(=O)N1CCN(C(=O)c2cccn2C)C(c2ccccc2)C1. The lowest BCUT2D eigenvalue weighted by Gasteiger charge is -2.41. The molecule has 0 saturated carbocycles. The smallest absolute Gasteiger partial charge is 0.271 e. The number of hydrogen-bond acceptors (Lipinski definition) is 2. The van der Waals surface area contributed by atoms with E-state index in [-0.39, 0.29) is 17.9 Å². The average Bonchev–Trinajstić information content (AvgIpc) is 3.00. The average molecular weight is 311 g/mol. The predicted molar refractivity (Wildman–Crippen MR) is 87.9 cm³/mol. The van der Waals surface area contributed by atoms with Crippen LogP contribution in [0.2, 0.25) is 0 Å². The summed E-state index contributed by atoms with van der Waals surface area (Å²) in [5.41, 5.74) is 1.73. The lowest BCUT2D eigenvalue weighted by molar-refractivity contribution is -0.131. The second kappa shape index (κ2) is 6.28. The van der Waals surface area contributed by atoms with Crippen molar-refractivity contribution in [1.82, 2.24) is 14.4 Å². The molecule has 2 amide bonds. The molecule has 5 heteroatoms. The molecule has 1 aliphatic rings. The van der Waals surface area contributed by atoms with Gasteiger partial charge in [0.25, 0.3) is 5.91 Å². The highest BCUT2D eigenvalue weighted by Gasteiger charge is 2.33. The summed E-state index contributed by atoms with van der Waals surface area (Å²) >= 11 is 0. The van der Waals surface area contributed by atoms with Crippen molar-refractivity contribution in [3.8, 4) is 0 Å². The minimum Gasteiger partial charge on any atom is -0.347 e. The number of benzene rings is 1. The van der Waals surface area contributed by atoms with Gasteiger partial charge in [-0.2, -0.15) is 0 Å². The Hall–Kier alpha value is -2.56. The van der Waals surface area contributed by atoms with E-state index in [1.807, 2.05) is 70.1 Å². The fourth-order valence-corrected chi connectivity index (χ4v) is 3.10. The molecule has 0 bridgehead atoms. The quantitative estimate of drug-likeness (QED) is 0.852. The minimum atomic E-state index is -0.115. The first-order valence-corrected chi connectivity index (χ1v) is 7.80. The molecule has 1 aliphatic heterocycles. The van der Waals surface area contributed by atoms with Crippen LogP contribution in [0.4, 0.5) is 0 Å². The number of rotatable bonds is 2. The summed E-state index contributed by atoms with van der Waals surface area (Å²) in [6, 6.07) is 13.5. The molecular weight excluding hydrogens is 290 g/mol. The third-order valence-electron chi connectivity index (χ3n) is 4.43. The first-order chi connectivity index (χ1) is 11.1. The molecule has 0 aliphatic carbocycles. The molecule has 1 aromatic heterocycles. The molecule has 1 fully saturated rings. The molecule has 3 rings (SSSR count). The van der Waals surface area contributed by atoms with Crippen LogP contribution in [0.5, 0.6) is 0 Å². The Morgan fingerprint density at radius 1 is 1.04 bits per heavy atom. The highest BCUT2D eigenvalue weighted by Crippen LogP contribution is 2.27. The second-order valence-electron chi connectivity index (χ2n) is 5.89. The Bertz CT molecular complexity index is 708. The Morgan fingerprint density at radius 2 is 1.78 bits per heavy atom. The van der Waals surface area contributed by atoms with E-state index < -0.39 is 0 Å². The highest BCUT2D eigenvalue weighted by atomic mass is 16.2. The second-order valence-corrected chi connectivity index (χ2v) is 5.89. The van der Waals surface area contributed by atoms with Gasteiger partial charge in [0.1, 0.15) is 5.69 Å². The minimum absolute atomic E-state index is 0.00885. The van der Waals surface area contributed by atoms with Crippen LogP contribution in [-0.2, 0) is 11.8 Å². The van der Waals surface area contributed by atoms with Gasteiger partial charge in [-0.05, 0) is 17.7 Å². The van der Waals surface area contributed by atoms with Crippen LogP contribution >= 0.6 is 0 Å². The molecule has 0 N–H and O–H groups in total. The first kappa shape index (κ1) is 15.3. The van der Waals surface area contributed by atoms with E-state index in [1.54, 1.807) is 6.92 Å². The maximum Gasteiger partial charge on any atom is 0.271 e. The van der Waals surface area contributed by atoms with Crippen LogP contribution in [0.15, 0.2) is 48.7 Å². The van der Waals surface area contributed by atoms with Crippen molar-refractivity contribution in [2.24, 2.45) is 7.05 Å².